The molecule has 0 bridgehead atoms. The fourth-order valence-corrected chi connectivity index (χ4v) is 9.07. The summed E-state index contributed by atoms with van der Waals surface area (Å²) in [6, 6.07) is 25.9. The van der Waals surface area contributed by atoms with Crippen molar-refractivity contribution in [3.05, 3.63) is 95.9 Å². The van der Waals surface area contributed by atoms with Crippen LogP contribution >= 0.6 is 0 Å². The SMILES string of the molecule is CC(C)(C)C(=O)/C=C(\O)C(C)(C)C.Cc1cc2ccc3c4ccnc5c4c(cc3c2cc1C)[Si](C)(C)c1nc2ccccc2[c-]c1-5.[Ir]. The fraction of sp³-hybridized carbons (Fsp3) is 0.293. The molecule has 7 rings (SSSR count). The summed E-state index contributed by atoms with van der Waals surface area (Å²) in [4.78, 5) is 21.6. The zero-order chi connectivity index (χ0) is 33.3. The Morgan fingerprint density at radius 1 is 0.830 bits per heavy atom. The molecule has 2 aromatic heterocycles. The number of hydrogen-bond donors (Lipinski definition) is 1. The van der Waals surface area contributed by atoms with Crippen LogP contribution in [0.15, 0.2) is 78.7 Å². The maximum Gasteiger partial charge on any atom is 0.164 e. The Bertz CT molecular complexity index is 2260. The van der Waals surface area contributed by atoms with Crippen molar-refractivity contribution < 1.29 is 30.0 Å². The molecule has 1 N–H and O–H groups in total. The fourth-order valence-electron chi connectivity index (χ4n) is 6.22. The van der Waals surface area contributed by atoms with E-state index in [0.717, 1.165) is 22.2 Å². The van der Waals surface area contributed by atoms with E-state index in [1.165, 1.54) is 60.0 Å². The number of fused-ring (bicyclic) bond motifs is 7. The first kappa shape index (κ1) is 34.6. The average Bonchev–Trinajstić information content (AvgIpc) is 2.99. The van der Waals surface area contributed by atoms with Gasteiger partial charge in [-0.3, -0.25) is 9.78 Å². The van der Waals surface area contributed by atoms with E-state index in [-0.39, 0.29) is 37.1 Å². The molecule has 4 aromatic carbocycles. The van der Waals surface area contributed by atoms with Crippen molar-refractivity contribution >= 4 is 67.6 Å². The van der Waals surface area contributed by atoms with Crippen molar-refractivity contribution in [1.82, 2.24) is 9.97 Å². The Labute approximate surface area is 292 Å². The first-order valence-corrected chi connectivity index (χ1v) is 19.0. The zero-order valence-electron chi connectivity index (χ0n) is 29.0. The van der Waals surface area contributed by atoms with Crippen molar-refractivity contribution in [2.24, 2.45) is 10.8 Å². The number of benzene rings is 4. The van der Waals surface area contributed by atoms with Crippen LogP contribution in [0.25, 0.3) is 54.5 Å². The van der Waals surface area contributed by atoms with E-state index in [1.54, 1.807) is 0 Å². The minimum atomic E-state index is -2.09. The summed E-state index contributed by atoms with van der Waals surface area (Å²) in [5.41, 5.74) is 5.05. The van der Waals surface area contributed by atoms with Crippen LogP contribution in [0.3, 0.4) is 0 Å². The summed E-state index contributed by atoms with van der Waals surface area (Å²) >= 11 is 0. The van der Waals surface area contributed by atoms with E-state index < -0.39 is 13.5 Å². The molecule has 6 heteroatoms. The molecule has 0 saturated carbocycles. The maximum absolute atomic E-state index is 11.5. The molecule has 0 aliphatic carbocycles. The molecule has 4 nitrogen and oxygen atoms in total. The van der Waals surface area contributed by atoms with Crippen LogP contribution in [-0.4, -0.2) is 28.9 Å². The number of carbonyl (C=O) groups excluding carboxylic acids is 1. The molecule has 0 amide bonds. The second kappa shape index (κ2) is 12.1. The number of aliphatic hydroxyl groups is 1. The molecule has 1 radical (unpaired) electrons. The first-order valence-electron chi connectivity index (χ1n) is 16.0. The van der Waals surface area contributed by atoms with Gasteiger partial charge >= 0.3 is 0 Å². The predicted octanol–water partition coefficient (Wildman–Crippen LogP) is 9.40. The van der Waals surface area contributed by atoms with Gasteiger partial charge in [0.25, 0.3) is 0 Å². The van der Waals surface area contributed by atoms with Gasteiger partial charge in [-0.1, -0.05) is 119 Å². The Balaban J connectivity index is 0.000000267. The molecule has 243 valence electrons. The Hall–Kier alpha value is -3.70. The van der Waals surface area contributed by atoms with Crippen molar-refractivity contribution in [2.75, 3.05) is 0 Å². The van der Waals surface area contributed by atoms with Gasteiger partial charge in [0.1, 0.15) is 5.76 Å². The van der Waals surface area contributed by atoms with E-state index in [4.69, 9.17) is 9.97 Å². The molecule has 3 heterocycles. The number of hydrogen-bond acceptors (Lipinski definition) is 4. The van der Waals surface area contributed by atoms with Gasteiger partial charge in [0, 0.05) is 48.9 Å². The van der Waals surface area contributed by atoms with E-state index in [0.29, 0.717) is 0 Å². The summed E-state index contributed by atoms with van der Waals surface area (Å²) in [7, 11) is -2.09. The average molecular weight is 816 g/mol. The summed E-state index contributed by atoms with van der Waals surface area (Å²) in [6.45, 7) is 20.4. The van der Waals surface area contributed by atoms with Crippen molar-refractivity contribution in [1.29, 1.82) is 0 Å². The third kappa shape index (κ3) is 6.08. The number of aryl methyl sites for hydroxylation is 2. The zero-order valence-corrected chi connectivity index (χ0v) is 32.4. The van der Waals surface area contributed by atoms with Gasteiger partial charge in [0.15, 0.2) is 5.78 Å². The maximum atomic E-state index is 11.5. The molecular formula is C41H43IrN2O2Si-. The minimum Gasteiger partial charge on any atom is -0.512 e. The molecule has 0 fully saturated rings. The van der Waals surface area contributed by atoms with Crippen LogP contribution in [0.2, 0.25) is 13.1 Å². The quantitative estimate of drug-likeness (QED) is 0.0591. The van der Waals surface area contributed by atoms with Crippen LogP contribution in [0, 0.1) is 30.7 Å². The summed E-state index contributed by atoms with van der Waals surface area (Å²) in [6.07, 6.45) is 3.29. The van der Waals surface area contributed by atoms with E-state index in [1.807, 2.05) is 47.7 Å². The largest absolute Gasteiger partial charge is 0.512 e. The van der Waals surface area contributed by atoms with Crippen molar-refractivity contribution in [3.63, 3.8) is 0 Å². The van der Waals surface area contributed by atoms with Gasteiger partial charge in [0.2, 0.25) is 0 Å². The van der Waals surface area contributed by atoms with E-state index >= 15 is 0 Å². The molecular weight excluding hydrogens is 773 g/mol. The molecule has 47 heavy (non-hydrogen) atoms. The summed E-state index contributed by atoms with van der Waals surface area (Å²) in [5.74, 6) is 0.104. The van der Waals surface area contributed by atoms with Crippen LogP contribution in [0.5, 0.6) is 0 Å². The molecule has 0 saturated heterocycles. The third-order valence-electron chi connectivity index (χ3n) is 9.39. The number of ketones is 1. The summed E-state index contributed by atoms with van der Waals surface area (Å²) < 4.78 is 0. The van der Waals surface area contributed by atoms with Gasteiger partial charge in [-0.05, 0) is 74.2 Å². The van der Waals surface area contributed by atoms with Gasteiger partial charge in [-0.25, -0.2) is 0 Å². The van der Waals surface area contributed by atoms with Crippen molar-refractivity contribution in [3.8, 4) is 11.3 Å². The molecule has 1 aliphatic heterocycles. The van der Waals surface area contributed by atoms with Crippen LogP contribution in [0.1, 0.15) is 52.7 Å². The first-order chi connectivity index (χ1) is 21.5. The van der Waals surface area contributed by atoms with Gasteiger partial charge in [0.05, 0.1) is 8.07 Å². The Morgan fingerprint density at radius 2 is 1.51 bits per heavy atom. The number of allylic oxidation sites excluding steroid dienone is 2. The van der Waals surface area contributed by atoms with E-state index in [9.17, 15) is 9.90 Å². The number of para-hydroxylation sites is 1. The number of aliphatic hydroxyl groups excluding tert-OH is 1. The number of aromatic nitrogens is 2. The number of carbonyl (C=O) groups is 1. The van der Waals surface area contributed by atoms with Gasteiger partial charge in [-0.2, -0.15) is 0 Å². The summed E-state index contributed by atoms with van der Waals surface area (Å²) in [5, 5.41) is 21.1. The third-order valence-corrected chi connectivity index (χ3v) is 12.7. The number of pyridine rings is 2. The Kier molecular flexibility index (Phi) is 8.89. The van der Waals surface area contributed by atoms with Crippen LogP contribution in [0.4, 0.5) is 0 Å². The second-order valence-corrected chi connectivity index (χ2v) is 19.6. The monoisotopic (exact) mass is 816 g/mol. The predicted molar refractivity (Wildman–Crippen MR) is 197 cm³/mol. The normalized spacial score (nSPS) is 14.0. The topological polar surface area (TPSA) is 63.1 Å². The molecule has 6 aromatic rings. The molecule has 0 unspecified atom stereocenters. The molecule has 0 spiro atoms. The smallest absolute Gasteiger partial charge is 0.164 e. The van der Waals surface area contributed by atoms with Gasteiger partial charge in [-0.15, -0.1) is 12.1 Å². The second-order valence-electron chi connectivity index (χ2n) is 15.3. The van der Waals surface area contributed by atoms with Crippen LogP contribution < -0.4 is 10.5 Å². The standard InChI is InChI=1S/C30H23N2Si.C11H20O2.Ir/c1-17-13-19-9-10-21-22-11-12-31-29-25-15-20-7-5-6-8-26(20)32-30(25)33(3,4)27(28(22)29)16-24(21)23(19)14-18(17)2;1-10(2,3)8(12)7-9(13)11(4,5)6;/h5-14,16H,1-4H3;7,12H,1-6H3;/q-1;;/b;8-7-;. The molecule has 0 atom stereocenters. The minimum absolute atomic E-state index is 0. The number of nitrogens with zero attached hydrogens (tertiary/aromatic N) is 2. The van der Waals surface area contributed by atoms with Gasteiger partial charge < -0.3 is 10.1 Å². The van der Waals surface area contributed by atoms with E-state index in [2.05, 4.69) is 93.7 Å². The Morgan fingerprint density at radius 3 is 2.19 bits per heavy atom. The van der Waals surface area contributed by atoms with Crippen molar-refractivity contribution in [2.45, 2.75) is 68.5 Å². The molecule has 1 aliphatic rings. The van der Waals surface area contributed by atoms with Crippen LogP contribution in [-0.2, 0) is 24.9 Å². The number of rotatable bonds is 1.